The second-order valence-corrected chi connectivity index (χ2v) is 6.29. The Morgan fingerprint density at radius 3 is 2.50 bits per heavy atom. The van der Waals surface area contributed by atoms with Gasteiger partial charge in [-0.05, 0) is 31.0 Å². The summed E-state index contributed by atoms with van der Waals surface area (Å²) < 4.78 is 12.2. The smallest absolute Gasteiger partial charge is 0.0728 e. The molecule has 114 valence electrons. The first-order valence-electron chi connectivity index (χ1n) is 7.19. The van der Waals surface area contributed by atoms with Gasteiger partial charge in [0.1, 0.15) is 0 Å². The number of halogens is 1. The highest BCUT2D eigenvalue weighted by atomic mass is 79.9. The predicted molar refractivity (Wildman–Crippen MR) is 86.9 cm³/mol. The first kappa shape index (κ1) is 17.6. The minimum absolute atomic E-state index is 0.262. The molecule has 1 aromatic carbocycles. The van der Waals surface area contributed by atoms with E-state index in [1.54, 1.807) is 0 Å². The monoisotopic (exact) mass is 343 g/mol. The van der Waals surface area contributed by atoms with Crippen molar-refractivity contribution >= 4 is 15.9 Å². The normalized spacial score (nSPS) is 11.6. The lowest BCUT2D eigenvalue weighted by molar-refractivity contribution is 0.0142. The fraction of sp³-hybridized carbons (Fsp3) is 0.625. The maximum Gasteiger partial charge on any atom is 0.0728 e. The first-order valence-corrected chi connectivity index (χ1v) is 7.98. The number of hydrogen-bond acceptors (Lipinski definition) is 3. The van der Waals surface area contributed by atoms with Crippen LogP contribution in [-0.4, -0.2) is 25.4 Å². The molecule has 0 fully saturated rings. The Labute approximate surface area is 131 Å². The Hall–Kier alpha value is -0.420. The van der Waals surface area contributed by atoms with Crippen LogP contribution >= 0.6 is 15.9 Å². The number of nitrogens with one attached hydrogen (secondary N) is 1. The summed E-state index contributed by atoms with van der Waals surface area (Å²) in [6, 6.07) is 6.91. The van der Waals surface area contributed by atoms with E-state index in [2.05, 4.69) is 53.3 Å². The Balaban J connectivity index is 2.36. The van der Waals surface area contributed by atoms with Gasteiger partial charge in [-0.1, -0.05) is 41.9 Å². The highest BCUT2D eigenvalue weighted by Crippen LogP contribution is 2.19. The summed E-state index contributed by atoms with van der Waals surface area (Å²) in [4.78, 5) is 0. The van der Waals surface area contributed by atoms with Gasteiger partial charge in [0.25, 0.3) is 0 Å². The zero-order chi connectivity index (χ0) is 15.0. The van der Waals surface area contributed by atoms with Crippen molar-refractivity contribution < 1.29 is 9.47 Å². The van der Waals surface area contributed by atoms with E-state index in [1.807, 2.05) is 13.8 Å². The number of rotatable bonds is 9. The van der Waals surface area contributed by atoms with Crippen LogP contribution < -0.4 is 5.32 Å². The molecule has 20 heavy (non-hydrogen) atoms. The summed E-state index contributed by atoms with van der Waals surface area (Å²) >= 11 is 3.61. The first-order chi connectivity index (χ1) is 9.49. The molecule has 0 bridgehead atoms. The standard InChI is InChI=1S/C16H26BrNO2/c1-12(2)18-10-14-5-6-15(16(17)9-14)11-19-7-8-20-13(3)4/h5-6,9,12-13,18H,7-8,10-11H2,1-4H3. The van der Waals surface area contributed by atoms with E-state index in [9.17, 15) is 0 Å². The molecule has 0 spiro atoms. The van der Waals surface area contributed by atoms with Crippen LogP contribution in [0.25, 0.3) is 0 Å². The van der Waals surface area contributed by atoms with Crippen LogP contribution in [0.3, 0.4) is 0 Å². The highest BCUT2D eigenvalue weighted by Gasteiger charge is 2.03. The quantitative estimate of drug-likeness (QED) is 0.690. The Kier molecular flexibility index (Phi) is 8.38. The molecule has 1 rings (SSSR count). The average Bonchev–Trinajstić information content (AvgIpc) is 2.37. The predicted octanol–water partition coefficient (Wildman–Crippen LogP) is 3.89. The molecule has 0 aliphatic rings. The van der Waals surface area contributed by atoms with Crippen molar-refractivity contribution in [3.63, 3.8) is 0 Å². The van der Waals surface area contributed by atoms with Gasteiger partial charge in [-0.25, -0.2) is 0 Å². The lowest BCUT2D eigenvalue weighted by Crippen LogP contribution is -2.21. The molecule has 0 aromatic heterocycles. The van der Waals surface area contributed by atoms with E-state index < -0.39 is 0 Å². The lowest BCUT2D eigenvalue weighted by Gasteiger charge is -2.11. The van der Waals surface area contributed by atoms with Crippen LogP contribution in [0.5, 0.6) is 0 Å². The Morgan fingerprint density at radius 1 is 1.15 bits per heavy atom. The van der Waals surface area contributed by atoms with Crippen molar-refractivity contribution in [2.75, 3.05) is 13.2 Å². The van der Waals surface area contributed by atoms with Crippen molar-refractivity contribution in [1.82, 2.24) is 5.32 Å². The maximum atomic E-state index is 5.62. The zero-order valence-corrected chi connectivity index (χ0v) is 14.5. The topological polar surface area (TPSA) is 30.5 Å². The molecule has 4 heteroatoms. The fourth-order valence-corrected chi connectivity index (χ4v) is 2.21. The van der Waals surface area contributed by atoms with Gasteiger partial charge in [0.15, 0.2) is 0 Å². The van der Waals surface area contributed by atoms with Gasteiger partial charge in [-0.3, -0.25) is 0 Å². The second-order valence-electron chi connectivity index (χ2n) is 5.43. The maximum absolute atomic E-state index is 5.62. The third-order valence-electron chi connectivity index (χ3n) is 2.77. The molecule has 0 unspecified atom stereocenters. The molecular weight excluding hydrogens is 318 g/mol. The molecule has 1 aromatic rings. The summed E-state index contributed by atoms with van der Waals surface area (Å²) in [6.45, 7) is 11.1. The van der Waals surface area contributed by atoms with Crippen molar-refractivity contribution in [3.05, 3.63) is 33.8 Å². The second kappa shape index (κ2) is 9.50. The number of hydrogen-bond donors (Lipinski definition) is 1. The third-order valence-corrected chi connectivity index (χ3v) is 3.51. The molecule has 0 saturated heterocycles. The number of ether oxygens (including phenoxy) is 2. The van der Waals surface area contributed by atoms with Crippen molar-refractivity contribution in [1.29, 1.82) is 0 Å². The van der Waals surface area contributed by atoms with E-state index in [-0.39, 0.29) is 6.10 Å². The van der Waals surface area contributed by atoms with Gasteiger partial charge in [-0.2, -0.15) is 0 Å². The van der Waals surface area contributed by atoms with Crippen LogP contribution in [0, 0.1) is 0 Å². The van der Waals surface area contributed by atoms with E-state index in [1.165, 1.54) is 11.1 Å². The summed E-state index contributed by atoms with van der Waals surface area (Å²) in [5.74, 6) is 0. The van der Waals surface area contributed by atoms with Gasteiger partial charge in [0.05, 0.1) is 25.9 Å². The molecule has 0 saturated carbocycles. The van der Waals surface area contributed by atoms with Gasteiger partial charge in [0.2, 0.25) is 0 Å². The van der Waals surface area contributed by atoms with E-state index >= 15 is 0 Å². The van der Waals surface area contributed by atoms with Gasteiger partial charge in [0, 0.05) is 17.1 Å². The number of benzene rings is 1. The van der Waals surface area contributed by atoms with Crippen LogP contribution in [-0.2, 0) is 22.6 Å². The zero-order valence-electron chi connectivity index (χ0n) is 12.9. The third kappa shape index (κ3) is 7.39. The van der Waals surface area contributed by atoms with Crippen LogP contribution in [0.4, 0.5) is 0 Å². The van der Waals surface area contributed by atoms with Crippen LogP contribution in [0.15, 0.2) is 22.7 Å². The summed E-state index contributed by atoms with van der Waals surface area (Å²) in [6.07, 6.45) is 0.262. The fourth-order valence-electron chi connectivity index (χ4n) is 1.66. The van der Waals surface area contributed by atoms with Crippen LogP contribution in [0.2, 0.25) is 0 Å². The molecule has 3 nitrogen and oxygen atoms in total. The summed E-state index contributed by atoms with van der Waals surface area (Å²) in [7, 11) is 0. The van der Waals surface area contributed by atoms with Crippen molar-refractivity contribution in [2.24, 2.45) is 0 Å². The molecule has 0 radical (unpaired) electrons. The minimum Gasteiger partial charge on any atom is -0.376 e. The molecule has 0 atom stereocenters. The van der Waals surface area contributed by atoms with Crippen molar-refractivity contribution in [2.45, 2.75) is 53.0 Å². The SMILES string of the molecule is CC(C)NCc1ccc(COCCOC(C)C)c(Br)c1. The van der Waals surface area contributed by atoms with Gasteiger partial charge >= 0.3 is 0 Å². The average molecular weight is 344 g/mol. The highest BCUT2D eigenvalue weighted by molar-refractivity contribution is 9.10. The molecule has 0 aliphatic carbocycles. The van der Waals surface area contributed by atoms with E-state index in [4.69, 9.17) is 9.47 Å². The summed E-state index contributed by atoms with van der Waals surface area (Å²) in [5.41, 5.74) is 2.44. The lowest BCUT2D eigenvalue weighted by atomic mass is 10.1. The molecule has 1 N–H and O–H groups in total. The van der Waals surface area contributed by atoms with Crippen molar-refractivity contribution in [3.8, 4) is 0 Å². The summed E-state index contributed by atoms with van der Waals surface area (Å²) in [5, 5.41) is 3.41. The minimum atomic E-state index is 0.262. The van der Waals surface area contributed by atoms with E-state index in [0.29, 0.717) is 25.9 Å². The molecule has 0 aliphatic heterocycles. The largest absolute Gasteiger partial charge is 0.376 e. The van der Waals surface area contributed by atoms with Crippen LogP contribution in [0.1, 0.15) is 38.8 Å². The van der Waals surface area contributed by atoms with E-state index in [0.717, 1.165) is 11.0 Å². The van der Waals surface area contributed by atoms with Gasteiger partial charge < -0.3 is 14.8 Å². The molecule has 0 amide bonds. The van der Waals surface area contributed by atoms with Gasteiger partial charge in [-0.15, -0.1) is 0 Å². The Morgan fingerprint density at radius 2 is 1.90 bits per heavy atom. The molecule has 0 heterocycles. The Bertz CT molecular complexity index is 394. The molecular formula is C16H26BrNO2.